The number of hydrogen-bond donors (Lipinski definition) is 0. The highest BCUT2D eigenvalue weighted by Gasteiger charge is 2.23. The summed E-state index contributed by atoms with van der Waals surface area (Å²) < 4.78 is 28.0. The van der Waals surface area contributed by atoms with Gasteiger partial charge in [0.15, 0.2) is 0 Å². The summed E-state index contributed by atoms with van der Waals surface area (Å²) in [6.07, 6.45) is 0. The molecule has 1 heterocycles. The molecule has 0 radical (unpaired) electrons. The molecule has 1 aromatic rings. The van der Waals surface area contributed by atoms with Gasteiger partial charge in [-0.3, -0.25) is 9.05 Å². The van der Waals surface area contributed by atoms with Crippen LogP contribution in [-0.2, 0) is 41.7 Å². The van der Waals surface area contributed by atoms with Gasteiger partial charge >= 0.3 is 6.72 Å². The van der Waals surface area contributed by atoms with Gasteiger partial charge in [0.05, 0.1) is 26.4 Å². The van der Waals surface area contributed by atoms with Crippen LogP contribution in [0.15, 0.2) is 6.07 Å². The SMILES string of the molecule is CCOP(=S)(OCC)Oc1cc(C)nc(N(CC)CC)n1.CCOP(=S)(OCC)SCSC(C)(C)C. The summed E-state index contributed by atoms with van der Waals surface area (Å²) in [7, 11) is 0. The van der Waals surface area contributed by atoms with Crippen molar-refractivity contribution in [2.45, 2.75) is 74.0 Å². The van der Waals surface area contributed by atoms with Crippen molar-refractivity contribution in [1.29, 1.82) is 0 Å². The summed E-state index contributed by atoms with van der Waals surface area (Å²) in [4.78, 5) is 10.9. The number of aryl methyl sites for hydroxylation is 1. The first-order chi connectivity index (χ1) is 16.8. The quantitative estimate of drug-likeness (QED) is 0.133. The molecule has 0 unspecified atom stereocenters. The van der Waals surface area contributed by atoms with Crippen molar-refractivity contribution in [3.8, 4) is 5.88 Å². The number of hydrogen-bond acceptors (Lipinski definition) is 12. The normalized spacial score (nSPS) is 12.2. The molecule has 0 aliphatic rings. The van der Waals surface area contributed by atoms with Crippen LogP contribution in [0.1, 0.15) is 68.0 Å². The van der Waals surface area contributed by atoms with E-state index in [0.29, 0.717) is 38.3 Å². The van der Waals surface area contributed by atoms with Crippen LogP contribution in [0, 0.1) is 6.92 Å². The third-order valence-electron chi connectivity index (χ3n) is 3.92. The number of anilines is 1. The Morgan fingerprint density at radius 1 is 0.861 bits per heavy atom. The third kappa shape index (κ3) is 15.8. The highest BCUT2D eigenvalue weighted by molar-refractivity contribution is 8.69. The third-order valence-corrected chi connectivity index (χ3v) is 13.7. The second-order valence-electron chi connectivity index (χ2n) is 7.98. The lowest BCUT2D eigenvalue weighted by molar-refractivity contribution is 0.216. The zero-order valence-electron chi connectivity index (χ0n) is 23.4. The molecule has 0 aliphatic carbocycles. The van der Waals surface area contributed by atoms with Crippen molar-refractivity contribution in [3.05, 3.63) is 11.8 Å². The molecule has 0 amide bonds. The van der Waals surface area contributed by atoms with Crippen LogP contribution in [0.3, 0.4) is 0 Å². The lowest BCUT2D eigenvalue weighted by atomic mass is 10.3. The summed E-state index contributed by atoms with van der Waals surface area (Å²) in [5.74, 6) is 1.03. The molecule has 0 atom stereocenters. The van der Waals surface area contributed by atoms with Gasteiger partial charge in [-0.15, -0.1) is 11.8 Å². The van der Waals surface area contributed by atoms with E-state index < -0.39 is 12.4 Å². The highest BCUT2D eigenvalue weighted by atomic mass is 32.9. The smallest absolute Gasteiger partial charge is 0.381 e. The zero-order chi connectivity index (χ0) is 27.8. The molecule has 1 rings (SSSR count). The molecule has 36 heavy (non-hydrogen) atoms. The van der Waals surface area contributed by atoms with Crippen molar-refractivity contribution >= 4 is 65.1 Å². The van der Waals surface area contributed by atoms with E-state index in [4.69, 9.17) is 46.2 Å². The van der Waals surface area contributed by atoms with Gasteiger partial charge in [-0.1, -0.05) is 32.2 Å². The summed E-state index contributed by atoms with van der Waals surface area (Å²) in [5.41, 5.74) is -1.26. The van der Waals surface area contributed by atoms with Gasteiger partial charge in [-0.2, -0.15) is 4.98 Å². The summed E-state index contributed by atoms with van der Waals surface area (Å²) in [6.45, 7) is 21.2. The highest BCUT2D eigenvalue weighted by Crippen LogP contribution is 2.62. The molecule has 0 saturated carbocycles. The maximum atomic E-state index is 5.75. The van der Waals surface area contributed by atoms with Crippen LogP contribution >= 0.6 is 35.6 Å². The van der Waals surface area contributed by atoms with Crippen LogP contribution in [0.4, 0.5) is 5.95 Å². The first-order valence-corrected chi connectivity index (χ1v) is 19.9. The van der Waals surface area contributed by atoms with Gasteiger partial charge in [-0.25, -0.2) is 4.98 Å². The van der Waals surface area contributed by atoms with Gasteiger partial charge in [0.25, 0.3) is 0 Å². The Bertz CT molecular complexity index is 822. The van der Waals surface area contributed by atoms with Crippen LogP contribution in [-0.4, -0.2) is 59.3 Å². The molecule has 0 fully saturated rings. The van der Waals surface area contributed by atoms with Crippen molar-refractivity contribution < 1.29 is 22.6 Å². The lowest BCUT2D eigenvalue weighted by Crippen LogP contribution is -2.24. The Hall–Kier alpha value is 0.520. The molecule has 0 N–H and O–H groups in total. The van der Waals surface area contributed by atoms with Crippen LogP contribution < -0.4 is 9.42 Å². The Morgan fingerprint density at radius 2 is 1.36 bits per heavy atom. The molecule has 0 spiro atoms. The Labute approximate surface area is 237 Å². The molecule has 212 valence electrons. The molecule has 14 heteroatoms. The minimum absolute atomic E-state index is 0.269. The van der Waals surface area contributed by atoms with E-state index in [-0.39, 0.29) is 4.75 Å². The Balaban J connectivity index is 0.000000723. The average molecular weight is 622 g/mol. The molecular weight excluding hydrogens is 576 g/mol. The second kappa shape index (κ2) is 18.7. The predicted octanol–water partition coefficient (Wildman–Crippen LogP) is 7.81. The van der Waals surface area contributed by atoms with Crippen molar-refractivity contribution in [1.82, 2.24) is 9.97 Å². The number of rotatable bonds is 16. The van der Waals surface area contributed by atoms with E-state index in [9.17, 15) is 0 Å². The summed E-state index contributed by atoms with van der Waals surface area (Å²) in [6, 6.07) is 1.74. The topological polar surface area (TPSA) is 75.2 Å². The van der Waals surface area contributed by atoms with Crippen molar-refractivity contribution in [2.75, 3.05) is 49.5 Å². The standard InChI is InChI=1S/C13H24N3O3PS.C9H21O2PS3/c1-6-16(7-2)13-14-11(5)10-12(15-13)19-20(21,17-8-3)18-9-4;1-6-10-12(13,11-7-2)15-8-14-9(3,4)5/h10H,6-9H2,1-5H3;6-8H2,1-5H3. The van der Waals surface area contributed by atoms with Gasteiger partial charge in [0, 0.05) is 46.5 Å². The van der Waals surface area contributed by atoms with Gasteiger partial charge < -0.3 is 18.5 Å². The van der Waals surface area contributed by atoms with E-state index in [0.717, 1.165) is 23.9 Å². The van der Waals surface area contributed by atoms with E-state index in [1.807, 2.05) is 51.3 Å². The van der Waals surface area contributed by atoms with E-state index >= 15 is 0 Å². The van der Waals surface area contributed by atoms with Crippen LogP contribution in [0.2, 0.25) is 0 Å². The van der Waals surface area contributed by atoms with Gasteiger partial charge in [-0.05, 0) is 60.3 Å². The first kappa shape index (κ1) is 36.5. The molecule has 0 aliphatic heterocycles. The zero-order valence-corrected chi connectivity index (χ0v) is 28.5. The van der Waals surface area contributed by atoms with Gasteiger partial charge in [0.1, 0.15) is 0 Å². The molecule has 8 nitrogen and oxygen atoms in total. The Kier molecular flexibility index (Phi) is 19.0. The van der Waals surface area contributed by atoms with Crippen LogP contribution in [0.25, 0.3) is 0 Å². The fourth-order valence-corrected chi connectivity index (χ4v) is 11.9. The van der Waals surface area contributed by atoms with Gasteiger partial charge in [0.2, 0.25) is 17.5 Å². The largest absolute Gasteiger partial charge is 0.405 e. The maximum Gasteiger partial charge on any atom is 0.381 e. The number of nitrogens with zero attached hydrogens (tertiary/aromatic N) is 3. The maximum absolute atomic E-state index is 5.75. The van der Waals surface area contributed by atoms with Crippen molar-refractivity contribution in [3.63, 3.8) is 0 Å². The summed E-state index contributed by atoms with van der Waals surface area (Å²) in [5, 5.41) is 0.931. The number of aromatic nitrogens is 2. The second-order valence-corrected chi connectivity index (χ2v) is 19.4. The summed E-state index contributed by atoms with van der Waals surface area (Å²) >= 11 is 14.3. The van der Waals surface area contributed by atoms with Crippen molar-refractivity contribution in [2.24, 2.45) is 0 Å². The minimum atomic E-state index is -2.80. The fraction of sp³-hybridized carbons (Fsp3) is 0.818. The lowest BCUT2D eigenvalue weighted by Gasteiger charge is -2.22. The fourth-order valence-electron chi connectivity index (χ4n) is 2.44. The predicted molar refractivity (Wildman–Crippen MR) is 166 cm³/mol. The Morgan fingerprint density at radius 3 is 1.78 bits per heavy atom. The van der Waals surface area contributed by atoms with E-state index in [1.165, 1.54) is 0 Å². The molecule has 0 bridgehead atoms. The van der Waals surface area contributed by atoms with Crippen LogP contribution in [0.5, 0.6) is 5.88 Å². The van der Waals surface area contributed by atoms with E-state index in [2.05, 4.69) is 44.6 Å². The van der Waals surface area contributed by atoms with E-state index in [1.54, 1.807) is 17.4 Å². The molecular formula is C22H45N3O5P2S4. The number of thioether (sulfide) groups is 1. The first-order valence-electron chi connectivity index (χ1n) is 12.2. The molecule has 0 aromatic carbocycles. The minimum Gasteiger partial charge on any atom is -0.405 e. The average Bonchev–Trinajstić information content (AvgIpc) is 2.74. The molecule has 1 aromatic heterocycles. The monoisotopic (exact) mass is 621 g/mol. The molecule has 0 saturated heterocycles.